The Morgan fingerprint density at radius 1 is 1.14 bits per heavy atom. The van der Waals surface area contributed by atoms with Gasteiger partial charge in [0, 0.05) is 37.8 Å². The van der Waals surface area contributed by atoms with Gasteiger partial charge in [-0.25, -0.2) is 15.0 Å². The number of fused-ring (bicyclic) bond motifs is 2. The van der Waals surface area contributed by atoms with Gasteiger partial charge in [-0.2, -0.15) is 5.26 Å². The Bertz CT molecular complexity index is 1100. The number of nitrogens with one attached hydrogen (secondary N) is 1. The Labute approximate surface area is 170 Å². The average Bonchev–Trinajstić information content (AvgIpc) is 3.21. The van der Waals surface area contributed by atoms with E-state index < -0.39 is 0 Å². The molecular weight excluding hydrogens is 362 g/mol. The molecule has 148 valence electrons. The summed E-state index contributed by atoms with van der Waals surface area (Å²) in [6.45, 7) is 8.31. The molecule has 2 saturated heterocycles. The smallest absolute Gasteiger partial charge is 0.142 e. The lowest BCUT2D eigenvalue weighted by Crippen LogP contribution is -2.57. The average molecular weight is 387 g/mol. The summed E-state index contributed by atoms with van der Waals surface area (Å²) in [5, 5.41) is 10.3. The topological polar surface area (TPSA) is 84.7 Å². The van der Waals surface area contributed by atoms with E-state index in [4.69, 9.17) is 4.98 Å². The maximum Gasteiger partial charge on any atom is 0.142 e. The van der Waals surface area contributed by atoms with E-state index in [1.54, 1.807) is 6.33 Å². The maximum atomic E-state index is 9.19. The maximum absolute atomic E-state index is 9.19. The zero-order chi connectivity index (χ0) is 20.0. The minimum absolute atomic E-state index is 0.160. The fourth-order valence-corrected chi connectivity index (χ4v) is 5.13. The number of aromatic nitrogens is 4. The van der Waals surface area contributed by atoms with Crippen molar-refractivity contribution in [3.8, 4) is 6.07 Å². The van der Waals surface area contributed by atoms with E-state index in [0.29, 0.717) is 11.5 Å². The van der Waals surface area contributed by atoms with Crippen LogP contribution in [0.2, 0.25) is 0 Å². The lowest BCUT2D eigenvalue weighted by atomic mass is 9.68. The first-order valence-electron chi connectivity index (χ1n) is 10.2. The third kappa shape index (κ3) is 3.00. The second-order valence-electron chi connectivity index (χ2n) is 8.62. The number of piperidine rings is 2. The number of pyridine rings is 1. The monoisotopic (exact) mass is 387 g/mol. The quantitative estimate of drug-likeness (QED) is 0.726. The van der Waals surface area contributed by atoms with Gasteiger partial charge >= 0.3 is 0 Å². The fraction of sp³-hybridized carbons (Fsp3) is 0.455. The Hall–Kier alpha value is -3.14. The molecule has 0 aliphatic carbocycles. The van der Waals surface area contributed by atoms with E-state index in [1.165, 1.54) is 12.8 Å². The molecule has 0 amide bonds. The molecular formula is C22H25N7. The van der Waals surface area contributed by atoms with E-state index in [1.807, 2.05) is 25.3 Å². The Morgan fingerprint density at radius 2 is 1.93 bits per heavy atom. The summed E-state index contributed by atoms with van der Waals surface area (Å²) in [5.41, 5.74) is 2.51. The molecule has 29 heavy (non-hydrogen) atoms. The van der Waals surface area contributed by atoms with Gasteiger partial charge < -0.3 is 14.8 Å². The highest BCUT2D eigenvalue weighted by atomic mass is 15.2. The van der Waals surface area contributed by atoms with E-state index in [9.17, 15) is 5.26 Å². The molecule has 0 aromatic carbocycles. The van der Waals surface area contributed by atoms with Gasteiger partial charge in [-0.05, 0) is 43.9 Å². The Morgan fingerprint density at radius 3 is 2.72 bits per heavy atom. The highest BCUT2D eigenvalue weighted by Gasteiger charge is 2.44. The first-order valence-corrected chi connectivity index (χ1v) is 10.2. The van der Waals surface area contributed by atoms with Gasteiger partial charge in [0.1, 0.15) is 29.7 Å². The van der Waals surface area contributed by atoms with Crippen LogP contribution in [0.3, 0.4) is 0 Å². The molecule has 3 aromatic heterocycles. The van der Waals surface area contributed by atoms with Crippen LogP contribution in [0.4, 0.5) is 11.6 Å². The van der Waals surface area contributed by atoms with Crippen molar-refractivity contribution in [2.45, 2.75) is 26.7 Å². The molecule has 5 heterocycles. The van der Waals surface area contributed by atoms with E-state index in [0.717, 1.165) is 54.5 Å². The van der Waals surface area contributed by atoms with E-state index in [2.05, 4.69) is 43.8 Å². The molecule has 3 aromatic rings. The minimum Gasteiger partial charge on any atom is -0.356 e. The van der Waals surface area contributed by atoms with Crippen LogP contribution in [-0.2, 0) is 0 Å². The van der Waals surface area contributed by atoms with Gasteiger partial charge in [-0.15, -0.1) is 0 Å². The summed E-state index contributed by atoms with van der Waals surface area (Å²) < 4.78 is 0. The number of aromatic amines is 1. The van der Waals surface area contributed by atoms with Crippen molar-refractivity contribution in [2.24, 2.45) is 11.3 Å². The zero-order valence-electron chi connectivity index (χ0n) is 16.9. The number of nitrogens with zero attached hydrogens (tertiary/aromatic N) is 6. The zero-order valence-corrected chi connectivity index (χ0v) is 16.9. The fourth-order valence-electron chi connectivity index (χ4n) is 5.13. The van der Waals surface area contributed by atoms with Crippen molar-refractivity contribution in [1.82, 2.24) is 19.9 Å². The summed E-state index contributed by atoms with van der Waals surface area (Å²) in [6.07, 6.45) is 5.94. The van der Waals surface area contributed by atoms with Crippen LogP contribution in [0.25, 0.3) is 11.0 Å². The molecule has 2 aliphatic rings. The van der Waals surface area contributed by atoms with E-state index in [-0.39, 0.29) is 5.41 Å². The van der Waals surface area contributed by atoms with Gasteiger partial charge in [0.05, 0.1) is 16.6 Å². The molecule has 5 rings (SSSR count). The van der Waals surface area contributed by atoms with Crippen molar-refractivity contribution in [1.29, 1.82) is 5.26 Å². The minimum atomic E-state index is 0.160. The summed E-state index contributed by atoms with van der Waals surface area (Å²) in [4.78, 5) is 21.7. The van der Waals surface area contributed by atoms with Crippen LogP contribution in [-0.4, -0.2) is 46.1 Å². The first-order chi connectivity index (χ1) is 14.1. The summed E-state index contributed by atoms with van der Waals surface area (Å²) in [5.74, 6) is 2.71. The number of aryl methyl sites for hydroxylation is 1. The molecule has 0 spiro atoms. The van der Waals surface area contributed by atoms with Gasteiger partial charge in [0.2, 0.25) is 0 Å². The number of rotatable bonds is 2. The SMILES string of the molecule is Cc1nc(N2CC[C@H]3CCN(c4ncnc5[nH]ccc45)C[C@@]3(C)C2)ccc1C#N. The molecule has 2 atom stereocenters. The lowest BCUT2D eigenvalue weighted by Gasteiger charge is -2.52. The van der Waals surface area contributed by atoms with Gasteiger partial charge in [-0.1, -0.05) is 6.92 Å². The summed E-state index contributed by atoms with van der Waals surface area (Å²) in [7, 11) is 0. The second kappa shape index (κ2) is 6.73. The molecule has 0 saturated carbocycles. The highest BCUT2D eigenvalue weighted by molar-refractivity contribution is 5.87. The van der Waals surface area contributed by atoms with Crippen molar-refractivity contribution in [3.63, 3.8) is 0 Å². The van der Waals surface area contributed by atoms with Crippen LogP contribution < -0.4 is 9.80 Å². The van der Waals surface area contributed by atoms with Crippen LogP contribution in [0.15, 0.2) is 30.7 Å². The van der Waals surface area contributed by atoms with Crippen LogP contribution in [0.1, 0.15) is 31.0 Å². The Balaban J connectivity index is 1.41. The van der Waals surface area contributed by atoms with E-state index >= 15 is 0 Å². The highest BCUT2D eigenvalue weighted by Crippen LogP contribution is 2.43. The second-order valence-corrected chi connectivity index (χ2v) is 8.62. The molecule has 0 bridgehead atoms. The molecule has 0 radical (unpaired) electrons. The largest absolute Gasteiger partial charge is 0.356 e. The lowest BCUT2D eigenvalue weighted by molar-refractivity contribution is 0.125. The first kappa shape index (κ1) is 17.9. The normalized spacial score (nSPS) is 24.4. The number of hydrogen-bond acceptors (Lipinski definition) is 6. The Kier molecular flexibility index (Phi) is 4.16. The number of hydrogen-bond donors (Lipinski definition) is 1. The number of H-pyrrole nitrogens is 1. The molecule has 1 N–H and O–H groups in total. The molecule has 0 unspecified atom stereocenters. The molecule has 7 nitrogen and oxygen atoms in total. The number of anilines is 2. The molecule has 7 heteroatoms. The van der Waals surface area contributed by atoms with Crippen molar-refractivity contribution in [2.75, 3.05) is 36.0 Å². The third-order valence-corrected chi connectivity index (χ3v) is 6.73. The van der Waals surface area contributed by atoms with Crippen molar-refractivity contribution < 1.29 is 0 Å². The predicted molar refractivity (Wildman–Crippen MR) is 113 cm³/mol. The van der Waals surface area contributed by atoms with Crippen LogP contribution in [0, 0.1) is 29.6 Å². The summed E-state index contributed by atoms with van der Waals surface area (Å²) >= 11 is 0. The van der Waals surface area contributed by atoms with Crippen LogP contribution in [0.5, 0.6) is 0 Å². The molecule has 2 fully saturated rings. The van der Waals surface area contributed by atoms with Gasteiger partial charge in [-0.3, -0.25) is 0 Å². The van der Waals surface area contributed by atoms with Crippen LogP contribution >= 0.6 is 0 Å². The van der Waals surface area contributed by atoms with Crippen molar-refractivity contribution in [3.05, 3.63) is 42.0 Å². The number of nitriles is 1. The predicted octanol–water partition coefficient (Wildman–Crippen LogP) is 3.28. The third-order valence-electron chi connectivity index (χ3n) is 6.73. The molecule has 2 aliphatic heterocycles. The van der Waals surface area contributed by atoms with Crippen molar-refractivity contribution >= 4 is 22.7 Å². The summed E-state index contributed by atoms with van der Waals surface area (Å²) in [6, 6.07) is 8.16. The standard InChI is InChI=1S/C22H25N7/c1-15-16(11-23)3-4-19(27-15)28-9-6-17-7-10-29(13-22(17,2)12-28)21-18-5-8-24-20(18)25-14-26-21/h3-5,8,14,17H,6-7,9-10,12-13H2,1-2H3,(H,24,25,26)/t17-,22+/m0/s1. The van der Waals surface area contributed by atoms with Gasteiger partial charge in [0.25, 0.3) is 0 Å². The van der Waals surface area contributed by atoms with Gasteiger partial charge in [0.15, 0.2) is 0 Å².